The van der Waals surface area contributed by atoms with Crippen molar-refractivity contribution in [2.45, 2.75) is 6.17 Å². The second kappa shape index (κ2) is 12.4. The fourth-order valence-corrected chi connectivity index (χ4v) is 8.69. The van der Waals surface area contributed by atoms with Gasteiger partial charge in [-0.25, -0.2) is 9.98 Å². The Balaban J connectivity index is 1.01. The highest BCUT2D eigenvalue weighted by Gasteiger charge is 2.25. The lowest BCUT2D eigenvalue weighted by molar-refractivity contribution is 0.659. The number of amidine groups is 2. The molecule has 4 heterocycles. The summed E-state index contributed by atoms with van der Waals surface area (Å²) in [5.74, 6) is 1.40. The predicted molar refractivity (Wildman–Crippen MR) is 233 cm³/mol. The van der Waals surface area contributed by atoms with Crippen LogP contribution in [0, 0.1) is 0 Å². The Bertz CT molecular complexity index is 3390. The zero-order valence-electron chi connectivity index (χ0n) is 30.6. The Labute approximate surface area is 326 Å². The van der Waals surface area contributed by atoms with E-state index in [0.717, 1.165) is 94.3 Å². The van der Waals surface area contributed by atoms with E-state index in [4.69, 9.17) is 18.8 Å². The molecule has 0 saturated heterocycles. The van der Waals surface area contributed by atoms with Gasteiger partial charge in [-0.1, -0.05) is 140 Å². The van der Waals surface area contributed by atoms with Gasteiger partial charge in [0.1, 0.15) is 28.8 Å². The molecule has 1 atom stereocenters. The van der Waals surface area contributed by atoms with Gasteiger partial charge >= 0.3 is 0 Å². The first-order chi connectivity index (χ1) is 28.3. The number of fused-ring (bicyclic) bond motifs is 9. The van der Waals surface area contributed by atoms with E-state index in [2.05, 4.69) is 143 Å². The van der Waals surface area contributed by atoms with Crippen molar-refractivity contribution in [3.05, 3.63) is 199 Å². The number of nitrogens with one attached hydrogen (secondary N) is 1. The normalized spacial score (nSPS) is 14.5. The Hall–Kier alpha value is -7.70. The van der Waals surface area contributed by atoms with Crippen LogP contribution in [0.15, 0.2) is 201 Å². The number of benzene rings is 8. The highest BCUT2D eigenvalue weighted by molar-refractivity contribution is 6.21. The molecule has 3 aromatic heterocycles. The minimum absolute atomic E-state index is 0.305. The van der Waals surface area contributed by atoms with Crippen molar-refractivity contribution in [3.63, 3.8) is 0 Å². The molecule has 6 heteroatoms. The zero-order valence-corrected chi connectivity index (χ0v) is 30.6. The number of furan rings is 2. The molecule has 0 fully saturated rings. The van der Waals surface area contributed by atoms with Crippen LogP contribution in [0.5, 0.6) is 0 Å². The summed E-state index contributed by atoms with van der Waals surface area (Å²) in [6.45, 7) is 0. The molecule has 8 aromatic carbocycles. The van der Waals surface area contributed by atoms with Crippen LogP contribution in [0.3, 0.4) is 0 Å². The standard InChI is InChI=1S/C51H32N4O2/c1-3-14-31(15-4-1)49-52-50(32-16-5-2-6-17-32)54-51(53-49)39-23-11-21-37-40-30-33(28-29-44(40)56-47(37)39)34-20-13-27-45-46(34)38-22-12-26-43(48(38)57-45)55-41-24-9-7-18-35(41)36-19-8-10-25-42(36)55/h1-30,49H,(H,52,53,54). The van der Waals surface area contributed by atoms with Crippen molar-refractivity contribution in [1.82, 2.24) is 9.88 Å². The average molecular weight is 733 g/mol. The van der Waals surface area contributed by atoms with Crippen molar-refractivity contribution >= 4 is 77.4 Å². The molecule has 0 amide bonds. The van der Waals surface area contributed by atoms with Crippen LogP contribution in [0.1, 0.15) is 22.9 Å². The summed E-state index contributed by atoms with van der Waals surface area (Å²) in [6, 6.07) is 63.1. The maximum atomic E-state index is 6.81. The van der Waals surface area contributed by atoms with E-state index >= 15 is 0 Å². The van der Waals surface area contributed by atoms with Gasteiger partial charge in [0.15, 0.2) is 11.4 Å². The average Bonchev–Trinajstić information content (AvgIpc) is 3.96. The van der Waals surface area contributed by atoms with E-state index in [1.165, 1.54) is 10.8 Å². The summed E-state index contributed by atoms with van der Waals surface area (Å²) < 4.78 is 15.8. The molecule has 1 aliphatic rings. The lowest BCUT2D eigenvalue weighted by Crippen LogP contribution is -2.33. The van der Waals surface area contributed by atoms with Crippen molar-refractivity contribution in [3.8, 4) is 16.8 Å². The summed E-state index contributed by atoms with van der Waals surface area (Å²) >= 11 is 0. The van der Waals surface area contributed by atoms with Crippen LogP contribution in [0.4, 0.5) is 0 Å². The molecule has 6 nitrogen and oxygen atoms in total. The van der Waals surface area contributed by atoms with E-state index in [9.17, 15) is 0 Å². The molecule has 57 heavy (non-hydrogen) atoms. The second-order valence-electron chi connectivity index (χ2n) is 14.5. The molecule has 0 spiro atoms. The molecule has 0 saturated carbocycles. The SMILES string of the molecule is c1ccc(C2=NC(c3ccccc3)NC(c3cccc4c3oc3ccc(-c5cccc6oc7c(-n8c9ccccc9c9ccccc98)cccc7c56)cc34)=N2)cc1. The fraction of sp³-hybridized carbons (Fsp3) is 0.0196. The number of para-hydroxylation sites is 4. The summed E-state index contributed by atoms with van der Waals surface area (Å²) in [6.07, 6.45) is -0.305. The maximum Gasteiger partial charge on any atom is 0.159 e. The Morgan fingerprint density at radius 2 is 1.12 bits per heavy atom. The van der Waals surface area contributed by atoms with Crippen molar-refractivity contribution in [1.29, 1.82) is 0 Å². The van der Waals surface area contributed by atoms with Crippen LogP contribution in [-0.4, -0.2) is 16.2 Å². The van der Waals surface area contributed by atoms with Crippen molar-refractivity contribution < 1.29 is 8.83 Å². The Morgan fingerprint density at radius 3 is 1.93 bits per heavy atom. The molecule has 1 aliphatic heterocycles. The zero-order chi connectivity index (χ0) is 37.5. The van der Waals surface area contributed by atoms with Gasteiger partial charge < -0.3 is 18.7 Å². The first-order valence-electron chi connectivity index (χ1n) is 19.2. The first-order valence-corrected chi connectivity index (χ1v) is 19.2. The Morgan fingerprint density at radius 1 is 0.474 bits per heavy atom. The summed E-state index contributed by atoms with van der Waals surface area (Å²) in [5, 5.41) is 10.3. The van der Waals surface area contributed by atoms with E-state index in [1.54, 1.807) is 0 Å². The Kier molecular flexibility index (Phi) is 6.89. The number of hydrogen-bond donors (Lipinski definition) is 1. The molecule has 0 bridgehead atoms. The van der Waals surface area contributed by atoms with Crippen LogP contribution >= 0.6 is 0 Å². The molecule has 0 aliphatic carbocycles. The number of hydrogen-bond acceptors (Lipinski definition) is 5. The van der Waals surface area contributed by atoms with Gasteiger partial charge in [0.25, 0.3) is 0 Å². The fourth-order valence-electron chi connectivity index (χ4n) is 8.69. The van der Waals surface area contributed by atoms with Gasteiger partial charge in [-0.2, -0.15) is 0 Å². The quantitative estimate of drug-likeness (QED) is 0.192. The number of nitrogens with zero attached hydrogens (tertiary/aromatic N) is 3. The van der Waals surface area contributed by atoms with Gasteiger partial charge in [-0.15, -0.1) is 0 Å². The van der Waals surface area contributed by atoms with Crippen LogP contribution < -0.4 is 5.32 Å². The van der Waals surface area contributed by atoms with Gasteiger partial charge in [0.2, 0.25) is 0 Å². The largest absolute Gasteiger partial charge is 0.455 e. The highest BCUT2D eigenvalue weighted by atomic mass is 16.3. The first kappa shape index (κ1) is 31.6. The van der Waals surface area contributed by atoms with Gasteiger partial charge in [-0.05, 0) is 59.2 Å². The predicted octanol–water partition coefficient (Wildman–Crippen LogP) is 12.7. The summed E-state index contributed by atoms with van der Waals surface area (Å²) in [5.41, 5.74) is 11.7. The van der Waals surface area contributed by atoms with Crippen LogP contribution in [0.2, 0.25) is 0 Å². The number of aromatic nitrogens is 1. The number of rotatable bonds is 5. The van der Waals surface area contributed by atoms with E-state index in [-0.39, 0.29) is 6.17 Å². The van der Waals surface area contributed by atoms with Crippen LogP contribution in [0.25, 0.3) is 82.5 Å². The molecule has 1 N–H and O–H groups in total. The highest BCUT2D eigenvalue weighted by Crippen LogP contribution is 2.42. The maximum absolute atomic E-state index is 6.81. The third kappa shape index (κ3) is 4.90. The molecular weight excluding hydrogens is 701 g/mol. The minimum Gasteiger partial charge on any atom is -0.455 e. The van der Waals surface area contributed by atoms with E-state index in [1.807, 2.05) is 48.5 Å². The second-order valence-corrected chi connectivity index (χ2v) is 14.5. The third-order valence-corrected chi connectivity index (χ3v) is 11.3. The molecule has 12 rings (SSSR count). The topological polar surface area (TPSA) is 68.0 Å². The third-order valence-electron chi connectivity index (χ3n) is 11.3. The molecule has 0 radical (unpaired) electrons. The summed E-state index contributed by atoms with van der Waals surface area (Å²) in [4.78, 5) is 10.1. The molecule has 1 unspecified atom stereocenters. The van der Waals surface area contributed by atoms with Crippen molar-refractivity contribution in [2.24, 2.45) is 9.98 Å². The molecular formula is C51H32N4O2. The van der Waals surface area contributed by atoms with Crippen LogP contribution in [-0.2, 0) is 0 Å². The monoisotopic (exact) mass is 732 g/mol. The summed E-state index contributed by atoms with van der Waals surface area (Å²) in [7, 11) is 0. The van der Waals surface area contributed by atoms with Gasteiger partial charge in [-0.3, -0.25) is 0 Å². The lowest BCUT2D eigenvalue weighted by Gasteiger charge is -2.23. The smallest absolute Gasteiger partial charge is 0.159 e. The molecule has 268 valence electrons. The van der Waals surface area contributed by atoms with Gasteiger partial charge in [0.05, 0.1) is 22.3 Å². The number of aliphatic imine (C=N–C) groups is 2. The van der Waals surface area contributed by atoms with Gasteiger partial charge in [0, 0.05) is 37.9 Å². The minimum atomic E-state index is -0.305. The van der Waals surface area contributed by atoms with E-state index in [0.29, 0.717) is 5.84 Å². The van der Waals surface area contributed by atoms with E-state index < -0.39 is 0 Å². The lowest BCUT2D eigenvalue weighted by atomic mass is 9.97. The molecule has 11 aromatic rings. The van der Waals surface area contributed by atoms with Crippen molar-refractivity contribution in [2.75, 3.05) is 0 Å².